The Labute approximate surface area is 90.9 Å². The molecule has 0 bridgehead atoms. The van der Waals surface area contributed by atoms with Crippen LogP contribution in [0.5, 0.6) is 0 Å². The summed E-state index contributed by atoms with van der Waals surface area (Å²) in [6.07, 6.45) is -4.27. The van der Waals surface area contributed by atoms with Gasteiger partial charge < -0.3 is 5.73 Å². The Bertz CT molecular complexity index is 323. The van der Waals surface area contributed by atoms with Gasteiger partial charge >= 0.3 is 6.18 Å². The molecule has 1 unspecified atom stereocenters. The Balaban J connectivity index is 2.75. The summed E-state index contributed by atoms with van der Waals surface area (Å²) in [4.78, 5) is 0.599. The highest BCUT2D eigenvalue weighted by atomic mass is 32.2. The lowest BCUT2D eigenvalue weighted by Gasteiger charge is -2.09. The highest BCUT2D eigenvalue weighted by molar-refractivity contribution is 7.99. The number of hydrogen-bond donors (Lipinski definition) is 1. The van der Waals surface area contributed by atoms with Crippen LogP contribution in [0.25, 0.3) is 0 Å². The zero-order chi connectivity index (χ0) is 11.5. The minimum atomic E-state index is -4.27. The first-order valence-electron chi connectivity index (χ1n) is 4.45. The van der Waals surface area contributed by atoms with Gasteiger partial charge in [0.2, 0.25) is 0 Å². The second kappa shape index (κ2) is 4.90. The van der Waals surface area contributed by atoms with E-state index in [1.807, 2.05) is 6.92 Å². The number of nitrogens with two attached hydrogens (primary N) is 1. The maximum atomic E-state index is 12.3. The molecule has 5 heteroatoms. The van der Waals surface area contributed by atoms with Crippen LogP contribution in [-0.2, 0) is 6.18 Å². The number of benzene rings is 1. The third-order valence-electron chi connectivity index (χ3n) is 1.67. The van der Waals surface area contributed by atoms with E-state index in [0.717, 1.165) is 12.1 Å². The maximum absolute atomic E-state index is 12.3. The van der Waals surface area contributed by atoms with Gasteiger partial charge in [0.15, 0.2) is 0 Å². The fraction of sp³-hybridized carbons (Fsp3) is 0.400. The van der Waals surface area contributed by atoms with E-state index in [1.165, 1.54) is 17.8 Å². The molecule has 0 saturated carbocycles. The first-order valence-corrected chi connectivity index (χ1v) is 5.44. The summed E-state index contributed by atoms with van der Waals surface area (Å²) >= 11 is 1.33. The maximum Gasteiger partial charge on any atom is 0.416 e. The standard InChI is InChI=1S/C10H12F3NS/c1-7(14)6-15-9-4-2-3-8(5-9)10(11,12)13/h2-5,7H,6,14H2,1H3. The lowest BCUT2D eigenvalue weighted by atomic mass is 10.2. The van der Waals surface area contributed by atoms with Gasteiger partial charge in [0.1, 0.15) is 0 Å². The van der Waals surface area contributed by atoms with E-state index in [1.54, 1.807) is 6.07 Å². The van der Waals surface area contributed by atoms with Crippen LogP contribution in [0.2, 0.25) is 0 Å². The van der Waals surface area contributed by atoms with Gasteiger partial charge in [0.05, 0.1) is 5.56 Å². The van der Waals surface area contributed by atoms with E-state index < -0.39 is 11.7 Å². The molecule has 0 aliphatic rings. The monoisotopic (exact) mass is 235 g/mol. The third kappa shape index (κ3) is 4.13. The van der Waals surface area contributed by atoms with Crippen LogP contribution in [0.15, 0.2) is 29.2 Å². The molecule has 84 valence electrons. The van der Waals surface area contributed by atoms with Crippen molar-refractivity contribution >= 4 is 11.8 Å². The highest BCUT2D eigenvalue weighted by Gasteiger charge is 2.30. The zero-order valence-corrected chi connectivity index (χ0v) is 9.03. The molecule has 0 spiro atoms. The summed E-state index contributed by atoms with van der Waals surface area (Å²) in [5.74, 6) is 0.612. The van der Waals surface area contributed by atoms with Gasteiger partial charge in [-0.15, -0.1) is 11.8 Å². The molecule has 1 atom stereocenters. The summed E-state index contributed by atoms with van der Waals surface area (Å²) < 4.78 is 37.0. The largest absolute Gasteiger partial charge is 0.416 e. The number of thioether (sulfide) groups is 1. The van der Waals surface area contributed by atoms with Crippen LogP contribution in [-0.4, -0.2) is 11.8 Å². The predicted molar refractivity (Wildman–Crippen MR) is 55.8 cm³/mol. The minimum absolute atomic E-state index is 0.0236. The van der Waals surface area contributed by atoms with E-state index >= 15 is 0 Å². The first kappa shape index (κ1) is 12.4. The quantitative estimate of drug-likeness (QED) is 0.814. The van der Waals surface area contributed by atoms with Crippen LogP contribution in [0.3, 0.4) is 0 Å². The van der Waals surface area contributed by atoms with Gasteiger partial charge in [0, 0.05) is 16.7 Å². The molecule has 1 aromatic carbocycles. The van der Waals surface area contributed by atoms with Crippen molar-refractivity contribution < 1.29 is 13.2 Å². The predicted octanol–water partition coefficient (Wildman–Crippen LogP) is 3.14. The number of rotatable bonds is 3. The van der Waals surface area contributed by atoms with Crippen LogP contribution in [0.1, 0.15) is 12.5 Å². The summed E-state index contributed by atoms with van der Waals surface area (Å²) in [7, 11) is 0. The second-order valence-corrected chi connectivity index (χ2v) is 4.41. The molecule has 0 aromatic heterocycles. The Morgan fingerprint density at radius 2 is 2.07 bits per heavy atom. The SMILES string of the molecule is CC(N)CSc1cccc(C(F)(F)F)c1. The molecule has 0 aliphatic heterocycles. The molecule has 15 heavy (non-hydrogen) atoms. The van der Waals surface area contributed by atoms with Crippen molar-refractivity contribution in [3.05, 3.63) is 29.8 Å². The van der Waals surface area contributed by atoms with Crippen molar-refractivity contribution in [2.45, 2.75) is 24.0 Å². The van der Waals surface area contributed by atoms with E-state index in [2.05, 4.69) is 0 Å². The smallest absolute Gasteiger partial charge is 0.327 e. The Morgan fingerprint density at radius 3 is 2.60 bits per heavy atom. The molecule has 1 aromatic rings. The van der Waals surface area contributed by atoms with Gasteiger partial charge in [-0.3, -0.25) is 0 Å². The molecule has 2 N–H and O–H groups in total. The molecule has 0 amide bonds. The van der Waals surface area contributed by atoms with E-state index in [9.17, 15) is 13.2 Å². The van der Waals surface area contributed by atoms with Crippen molar-refractivity contribution in [2.24, 2.45) is 5.73 Å². The van der Waals surface area contributed by atoms with Crippen molar-refractivity contribution in [3.63, 3.8) is 0 Å². The molecule has 1 rings (SSSR count). The van der Waals surface area contributed by atoms with Crippen LogP contribution in [0.4, 0.5) is 13.2 Å². The van der Waals surface area contributed by atoms with Crippen molar-refractivity contribution in [2.75, 3.05) is 5.75 Å². The number of alkyl halides is 3. The molecular formula is C10H12F3NS. The zero-order valence-electron chi connectivity index (χ0n) is 8.21. The normalized spacial score (nSPS) is 13.9. The fourth-order valence-electron chi connectivity index (χ4n) is 0.990. The topological polar surface area (TPSA) is 26.0 Å². The number of hydrogen-bond acceptors (Lipinski definition) is 2. The molecule has 0 radical (unpaired) electrons. The lowest BCUT2D eigenvalue weighted by molar-refractivity contribution is -0.137. The van der Waals surface area contributed by atoms with Gasteiger partial charge in [-0.25, -0.2) is 0 Å². The van der Waals surface area contributed by atoms with Gasteiger partial charge in [0.25, 0.3) is 0 Å². The number of halogens is 3. The Morgan fingerprint density at radius 1 is 1.40 bits per heavy atom. The van der Waals surface area contributed by atoms with Gasteiger partial charge in [-0.2, -0.15) is 13.2 Å². The van der Waals surface area contributed by atoms with E-state index in [0.29, 0.717) is 10.6 Å². The summed E-state index contributed by atoms with van der Waals surface area (Å²) in [6.45, 7) is 1.82. The summed E-state index contributed by atoms with van der Waals surface area (Å²) in [6, 6.07) is 5.25. The Hall–Kier alpha value is -0.680. The van der Waals surface area contributed by atoms with E-state index in [-0.39, 0.29) is 6.04 Å². The van der Waals surface area contributed by atoms with Crippen molar-refractivity contribution in [1.29, 1.82) is 0 Å². The molecule has 0 heterocycles. The van der Waals surface area contributed by atoms with Gasteiger partial charge in [-0.05, 0) is 25.1 Å². The Kier molecular flexibility index (Phi) is 4.04. The fourth-order valence-corrected chi connectivity index (χ4v) is 1.83. The first-order chi connectivity index (χ1) is 6.89. The third-order valence-corrected chi connectivity index (χ3v) is 2.95. The van der Waals surface area contributed by atoms with Crippen LogP contribution < -0.4 is 5.73 Å². The van der Waals surface area contributed by atoms with Crippen molar-refractivity contribution in [1.82, 2.24) is 0 Å². The van der Waals surface area contributed by atoms with Crippen LogP contribution in [0, 0.1) is 0 Å². The lowest BCUT2D eigenvalue weighted by Crippen LogP contribution is -2.17. The molecular weight excluding hydrogens is 223 g/mol. The summed E-state index contributed by atoms with van der Waals surface area (Å²) in [5, 5.41) is 0. The second-order valence-electron chi connectivity index (χ2n) is 3.31. The highest BCUT2D eigenvalue weighted by Crippen LogP contribution is 2.31. The van der Waals surface area contributed by atoms with E-state index in [4.69, 9.17) is 5.73 Å². The minimum Gasteiger partial charge on any atom is -0.327 e. The average Bonchev–Trinajstić information content (AvgIpc) is 2.14. The molecule has 0 saturated heterocycles. The van der Waals surface area contributed by atoms with Gasteiger partial charge in [-0.1, -0.05) is 6.07 Å². The molecule has 1 nitrogen and oxygen atoms in total. The van der Waals surface area contributed by atoms with Crippen LogP contribution >= 0.6 is 11.8 Å². The average molecular weight is 235 g/mol. The molecule has 0 fully saturated rings. The van der Waals surface area contributed by atoms with Crippen molar-refractivity contribution in [3.8, 4) is 0 Å². The summed E-state index contributed by atoms with van der Waals surface area (Å²) in [5.41, 5.74) is 4.91. The molecule has 0 aliphatic carbocycles.